The second kappa shape index (κ2) is 9.91. The highest BCUT2D eigenvalue weighted by atomic mass is 32.1. The lowest BCUT2D eigenvalue weighted by molar-refractivity contribution is -0.192. The lowest BCUT2D eigenvalue weighted by atomic mass is 9.85. The Morgan fingerprint density at radius 3 is 2.53 bits per heavy atom. The summed E-state index contributed by atoms with van der Waals surface area (Å²) >= 11 is 1.80. The van der Waals surface area contributed by atoms with E-state index in [1.54, 1.807) is 18.4 Å². The average Bonchev–Trinajstić information content (AvgIpc) is 3.47. The van der Waals surface area contributed by atoms with Crippen molar-refractivity contribution in [3.8, 4) is 5.75 Å². The molecule has 0 saturated carbocycles. The van der Waals surface area contributed by atoms with E-state index in [-0.39, 0.29) is 5.41 Å². The summed E-state index contributed by atoms with van der Waals surface area (Å²) in [5.41, 5.74) is 0.981. The maximum atomic E-state index is 13.1. The minimum Gasteiger partial charge on any atom is -0.497 e. The second-order valence-corrected chi connectivity index (χ2v) is 8.98. The highest BCUT2D eigenvalue weighted by Gasteiger charge is 2.50. The van der Waals surface area contributed by atoms with Gasteiger partial charge in [0.2, 0.25) is 5.91 Å². The zero-order valence-electron chi connectivity index (χ0n) is 17.6. The van der Waals surface area contributed by atoms with Crippen LogP contribution in [0.15, 0.2) is 41.8 Å². The van der Waals surface area contributed by atoms with Crippen molar-refractivity contribution in [2.24, 2.45) is 5.41 Å². The van der Waals surface area contributed by atoms with E-state index in [1.165, 1.54) is 4.88 Å². The lowest BCUT2D eigenvalue weighted by Crippen LogP contribution is -2.36. The number of alkyl halides is 3. The van der Waals surface area contributed by atoms with E-state index in [1.807, 2.05) is 23.1 Å². The predicted octanol–water partition coefficient (Wildman–Crippen LogP) is 4.01. The number of halogens is 3. The largest absolute Gasteiger partial charge is 0.497 e. The van der Waals surface area contributed by atoms with E-state index in [9.17, 15) is 18.0 Å². The fourth-order valence-electron chi connectivity index (χ4n) is 4.13. The summed E-state index contributed by atoms with van der Waals surface area (Å²) < 4.78 is 37.0. The molecule has 32 heavy (non-hydrogen) atoms. The van der Waals surface area contributed by atoms with Crippen LogP contribution in [0.5, 0.6) is 5.75 Å². The Morgan fingerprint density at radius 1 is 1.19 bits per heavy atom. The SMILES string of the molecule is COc1cccc(CN2CCC3(CCN(Cc4cccs4)C3)C2=O)c1.O=C(O)C(F)(F)F. The third-order valence-electron chi connectivity index (χ3n) is 5.74. The molecule has 2 aliphatic rings. The number of hydrogen-bond donors (Lipinski definition) is 1. The Balaban J connectivity index is 0.000000360. The van der Waals surface area contributed by atoms with Crippen LogP contribution < -0.4 is 4.74 Å². The zero-order valence-corrected chi connectivity index (χ0v) is 18.4. The molecule has 0 bridgehead atoms. The molecule has 1 aromatic heterocycles. The molecule has 0 radical (unpaired) electrons. The van der Waals surface area contributed by atoms with Gasteiger partial charge in [-0.1, -0.05) is 18.2 Å². The van der Waals surface area contributed by atoms with Crippen LogP contribution in [-0.4, -0.2) is 59.7 Å². The molecule has 1 amide bonds. The molecule has 3 heterocycles. The summed E-state index contributed by atoms with van der Waals surface area (Å²) in [6.45, 7) is 4.45. The number of thiophene rings is 1. The Hall–Kier alpha value is -2.59. The average molecular weight is 471 g/mol. The third kappa shape index (κ3) is 5.80. The molecule has 0 aliphatic carbocycles. The molecule has 10 heteroatoms. The van der Waals surface area contributed by atoms with E-state index < -0.39 is 12.1 Å². The first-order valence-corrected chi connectivity index (χ1v) is 11.0. The number of carbonyl (C=O) groups is 2. The van der Waals surface area contributed by atoms with Crippen molar-refractivity contribution < 1.29 is 32.6 Å². The van der Waals surface area contributed by atoms with Crippen LogP contribution in [0.25, 0.3) is 0 Å². The Bertz CT molecular complexity index is 936. The monoisotopic (exact) mass is 470 g/mol. The summed E-state index contributed by atoms with van der Waals surface area (Å²) in [5, 5.41) is 9.25. The first kappa shape index (κ1) is 24.1. The van der Waals surface area contributed by atoms with Crippen molar-refractivity contribution in [1.82, 2.24) is 9.80 Å². The molecule has 174 valence electrons. The zero-order chi connectivity index (χ0) is 23.4. The molecule has 4 rings (SSSR count). The maximum absolute atomic E-state index is 13.1. The lowest BCUT2D eigenvalue weighted by Gasteiger charge is -2.23. The van der Waals surface area contributed by atoms with Crippen molar-refractivity contribution in [3.63, 3.8) is 0 Å². The van der Waals surface area contributed by atoms with Crippen molar-refractivity contribution in [3.05, 3.63) is 52.2 Å². The number of aliphatic carboxylic acids is 1. The molecule has 2 aliphatic heterocycles. The Morgan fingerprint density at radius 2 is 1.91 bits per heavy atom. The summed E-state index contributed by atoms with van der Waals surface area (Å²) in [7, 11) is 1.68. The molecule has 2 fully saturated rings. The molecule has 1 aromatic carbocycles. The van der Waals surface area contributed by atoms with Crippen LogP contribution in [0.4, 0.5) is 13.2 Å². The van der Waals surface area contributed by atoms with Gasteiger partial charge in [-0.05, 0) is 48.5 Å². The predicted molar refractivity (Wildman–Crippen MR) is 113 cm³/mol. The molecular weight excluding hydrogens is 445 g/mol. The van der Waals surface area contributed by atoms with Crippen molar-refractivity contribution in [2.75, 3.05) is 26.7 Å². The van der Waals surface area contributed by atoms with Crippen LogP contribution in [0.1, 0.15) is 23.3 Å². The highest BCUT2D eigenvalue weighted by molar-refractivity contribution is 7.09. The minimum atomic E-state index is -5.08. The number of nitrogens with zero attached hydrogens (tertiary/aromatic N) is 2. The fourth-order valence-corrected chi connectivity index (χ4v) is 4.88. The molecule has 2 aromatic rings. The third-order valence-corrected chi connectivity index (χ3v) is 6.60. The smallest absolute Gasteiger partial charge is 0.490 e. The first-order chi connectivity index (χ1) is 15.1. The van der Waals surface area contributed by atoms with Gasteiger partial charge >= 0.3 is 12.1 Å². The van der Waals surface area contributed by atoms with E-state index >= 15 is 0 Å². The maximum Gasteiger partial charge on any atom is 0.490 e. The van der Waals surface area contributed by atoms with Gasteiger partial charge in [0.05, 0.1) is 12.5 Å². The fraction of sp³-hybridized carbons (Fsp3) is 0.455. The molecule has 2 saturated heterocycles. The Labute approximate surface area is 188 Å². The molecular formula is C22H25F3N2O4S. The highest BCUT2D eigenvalue weighted by Crippen LogP contribution is 2.41. The molecule has 1 atom stereocenters. The van der Waals surface area contributed by atoms with E-state index in [2.05, 4.69) is 28.5 Å². The number of ether oxygens (including phenoxy) is 1. The van der Waals surface area contributed by atoms with E-state index in [4.69, 9.17) is 14.6 Å². The quantitative estimate of drug-likeness (QED) is 0.715. The van der Waals surface area contributed by atoms with Crippen molar-refractivity contribution in [2.45, 2.75) is 32.1 Å². The number of rotatable bonds is 5. The van der Waals surface area contributed by atoms with Gasteiger partial charge in [0.1, 0.15) is 5.75 Å². The van der Waals surface area contributed by atoms with Crippen LogP contribution in [0, 0.1) is 5.41 Å². The van der Waals surface area contributed by atoms with Crippen LogP contribution in [0.3, 0.4) is 0 Å². The minimum absolute atomic E-state index is 0.157. The van der Waals surface area contributed by atoms with Crippen molar-refractivity contribution >= 4 is 23.2 Å². The molecule has 1 spiro atoms. The number of likely N-dealkylation sites (tertiary alicyclic amines) is 2. The second-order valence-electron chi connectivity index (χ2n) is 7.95. The number of carbonyl (C=O) groups excluding carboxylic acids is 1. The van der Waals surface area contributed by atoms with Gasteiger partial charge < -0.3 is 14.7 Å². The van der Waals surface area contributed by atoms with Crippen LogP contribution in [0.2, 0.25) is 0 Å². The molecule has 1 N–H and O–H groups in total. The number of hydrogen-bond acceptors (Lipinski definition) is 5. The van der Waals surface area contributed by atoms with Crippen molar-refractivity contribution in [1.29, 1.82) is 0 Å². The molecule has 1 unspecified atom stereocenters. The number of benzene rings is 1. The van der Waals surface area contributed by atoms with Crippen LogP contribution in [-0.2, 0) is 22.7 Å². The number of amides is 1. The van der Waals surface area contributed by atoms with E-state index in [0.717, 1.165) is 50.3 Å². The van der Waals surface area contributed by atoms with Gasteiger partial charge in [0, 0.05) is 31.1 Å². The topological polar surface area (TPSA) is 70.1 Å². The van der Waals surface area contributed by atoms with Gasteiger partial charge in [0.15, 0.2) is 0 Å². The van der Waals surface area contributed by atoms with Gasteiger partial charge in [-0.2, -0.15) is 13.2 Å². The molecule has 6 nitrogen and oxygen atoms in total. The number of carboxylic acid groups (broad SMARTS) is 1. The van der Waals surface area contributed by atoms with Crippen LogP contribution >= 0.6 is 11.3 Å². The normalized spacial score (nSPS) is 21.0. The van der Waals surface area contributed by atoms with E-state index in [0.29, 0.717) is 12.5 Å². The Kier molecular flexibility index (Phi) is 7.45. The standard InChI is InChI=1S/C20H24N2O2S.C2HF3O2/c1-24-17-5-2-4-16(12-17)13-22-10-8-20(19(22)23)7-9-21(15-20)14-18-6-3-11-25-18;3-2(4,5)1(6)7/h2-6,11-12H,7-10,13-15H2,1H3;(H,6,7). The summed E-state index contributed by atoms with van der Waals surface area (Å²) in [6.07, 6.45) is -3.11. The van der Waals surface area contributed by atoms with Gasteiger partial charge in [-0.25, -0.2) is 4.79 Å². The summed E-state index contributed by atoms with van der Waals surface area (Å²) in [5.74, 6) is -1.57. The number of carboxylic acids is 1. The number of methoxy groups -OCH3 is 1. The summed E-state index contributed by atoms with van der Waals surface area (Å²) in [6, 6.07) is 12.3. The summed E-state index contributed by atoms with van der Waals surface area (Å²) in [4.78, 5) is 27.9. The van der Waals surface area contributed by atoms with Gasteiger partial charge in [0.25, 0.3) is 0 Å². The first-order valence-electron chi connectivity index (χ1n) is 10.1. The van der Waals surface area contributed by atoms with Gasteiger partial charge in [-0.15, -0.1) is 11.3 Å². The van der Waals surface area contributed by atoms with Gasteiger partial charge in [-0.3, -0.25) is 9.69 Å².